The number of aliphatic hydroxyl groups is 2. The van der Waals surface area contributed by atoms with Crippen molar-refractivity contribution in [2.24, 2.45) is 5.92 Å². The van der Waals surface area contributed by atoms with Crippen molar-refractivity contribution in [1.82, 2.24) is 5.32 Å². The van der Waals surface area contributed by atoms with Gasteiger partial charge in [-0.05, 0) is 51.5 Å². The van der Waals surface area contributed by atoms with Crippen LogP contribution in [0.3, 0.4) is 0 Å². The molecule has 1 unspecified atom stereocenters. The summed E-state index contributed by atoms with van der Waals surface area (Å²) in [6, 6.07) is 3.57. The second-order valence-electron chi connectivity index (χ2n) is 11.1. The second kappa shape index (κ2) is 12.0. The van der Waals surface area contributed by atoms with E-state index in [4.69, 9.17) is 14.2 Å². The SMILES string of the molecule is C=C1N[C@]2(O)C[C@H](O1)[C@@H](C)C1O[C@@]1(C)[C@@H](O)CC(=O)N(C)c1cc(cc(O)c1C)C/C(C)=C/C=C/[C@H]2OC.[Y]. The first-order valence-corrected chi connectivity index (χ1v) is 13.0. The number of nitrogens with zero attached hydrogens (tertiary/aromatic N) is 1. The summed E-state index contributed by atoms with van der Waals surface area (Å²) >= 11 is 0. The standard InChI is InChI=1S/C29H40N2O7.Y/c1-16-9-8-10-25(36-7)29(35)15-23(37-19(4)30-29)18(3)27-28(5,38-27)24(33)14-26(34)31(6)21-12-20(11-16)13-22(32)17(21)2;/h8-10,12-13,18,23-25,27,30,32-33,35H,4,11,14-15H2,1-3,5-7H3;/b10-8+,16-9+;/t18-,23+,24+,25-,27?,28+,29+;/m1./s1. The normalized spacial score (nSPS) is 37.4. The van der Waals surface area contributed by atoms with Gasteiger partial charge in [0.15, 0.2) is 11.6 Å². The minimum Gasteiger partial charge on any atom is -0.508 e. The Balaban J connectivity index is 0.00000420. The Morgan fingerprint density at radius 1 is 1.28 bits per heavy atom. The number of rotatable bonds is 1. The monoisotopic (exact) mass is 617 g/mol. The van der Waals surface area contributed by atoms with Crippen molar-refractivity contribution < 1.29 is 67.0 Å². The summed E-state index contributed by atoms with van der Waals surface area (Å²) in [6.45, 7) is 11.3. The average molecular weight is 618 g/mol. The topological polar surface area (TPSA) is 124 Å². The Kier molecular flexibility index (Phi) is 9.78. The van der Waals surface area contributed by atoms with Gasteiger partial charge in [-0.3, -0.25) is 4.79 Å². The largest absolute Gasteiger partial charge is 0.508 e. The molecule has 3 heterocycles. The summed E-state index contributed by atoms with van der Waals surface area (Å²) in [4.78, 5) is 14.7. The van der Waals surface area contributed by atoms with Gasteiger partial charge in [0.1, 0.15) is 23.6 Å². The zero-order chi connectivity index (χ0) is 28.0. The number of nitrogens with one attached hydrogen (secondary N) is 1. The maximum atomic E-state index is 13.2. The minimum absolute atomic E-state index is 0. The van der Waals surface area contributed by atoms with Crippen molar-refractivity contribution >= 4 is 11.6 Å². The number of ether oxygens (including phenoxy) is 3. The number of anilines is 1. The van der Waals surface area contributed by atoms with Crippen molar-refractivity contribution in [3.05, 3.63) is 59.5 Å². The van der Waals surface area contributed by atoms with Crippen molar-refractivity contribution in [3.63, 3.8) is 0 Å². The molecule has 0 aromatic heterocycles. The van der Waals surface area contributed by atoms with Crippen LogP contribution in [-0.4, -0.2) is 71.1 Å². The number of hydrogen-bond donors (Lipinski definition) is 4. The van der Waals surface area contributed by atoms with Crippen molar-refractivity contribution in [1.29, 1.82) is 0 Å². The van der Waals surface area contributed by atoms with E-state index >= 15 is 0 Å². The molecule has 39 heavy (non-hydrogen) atoms. The van der Waals surface area contributed by atoms with Crippen LogP contribution in [0.15, 0.2) is 48.4 Å². The molecule has 10 heteroatoms. The van der Waals surface area contributed by atoms with E-state index in [1.165, 1.54) is 12.0 Å². The molecule has 1 radical (unpaired) electrons. The molecule has 3 aliphatic rings. The number of benzene rings is 1. The maximum absolute atomic E-state index is 13.2. The van der Waals surface area contributed by atoms with Gasteiger partial charge in [0, 0.05) is 64.8 Å². The van der Waals surface area contributed by atoms with Crippen molar-refractivity contribution in [2.45, 2.75) is 82.7 Å². The Bertz CT molecular complexity index is 1170. The molecule has 1 amide bonds. The Labute approximate surface area is 255 Å². The Morgan fingerprint density at radius 3 is 2.64 bits per heavy atom. The van der Waals surface area contributed by atoms with Crippen LogP contribution in [-0.2, 0) is 58.1 Å². The van der Waals surface area contributed by atoms with Crippen LogP contribution in [0.4, 0.5) is 5.69 Å². The molecular weight excluding hydrogens is 577 g/mol. The number of aromatic hydroxyl groups is 1. The molecule has 4 rings (SSSR count). The van der Waals surface area contributed by atoms with E-state index < -0.39 is 35.7 Å². The third-order valence-corrected chi connectivity index (χ3v) is 8.17. The minimum atomic E-state index is -1.48. The summed E-state index contributed by atoms with van der Waals surface area (Å²) in [6.07, 6.45) is 3.47. The number of fused-ring (bicyclic) bond motifs is 5. The molecule has 4 bridgehead atoms. The van der Waals surface area contributed by atoms with Gasteiger partial charge in [-0.15, -0.1) is 0 Å². The molecule has 1 aromatic carbocycles. The van der Waals surface area contributed by atoms with E-state index in [9.17, 15) is 20.1 Å². The van der Waals surface area contributed by atoms with E-state index in [0.717, 1.165) is 11.1 Å². The van der Waals surface area contributed by atoms with E-state index in [2.05, 4.69) is 11.9 Å². The molecule has 211 valence electrons. The van der Waals surface area contributed by atoms with E-state index in [1.54, 1.807) is 33.0 Å². The molecule has 2 fully saturated rings. The predicted octanol–water partition coefficient (Wildman–Crippen LogP) is 2.82. The Morgan fingerprint density at radius 2 is 1.97 bits per heavy atom. The molecule has 1 aromatic rings. The van der Waals surface area contributed by atoms with Crippen LogP contribution in [0.25, 0.3) is 0 Å². The number of amides is 1. The summed E-state index contributed by atoms with van der Waals surface area (Å²) in [5, 5.41) is 36.2. The van der Waals surface area contributed by atoms with Crippen molar-refractivity contribution in [2.75, 3.05) is 19.1 Å². The number of hydrogen-bond acceptors (Lipinski definition) is 8. The summed E-state index contributed by atoms with van der Waals surface area (Å²) in [5.74, 6) is -0.206. The Hall–Kier alpha value is -1.75. The zero-order valence-electron chi connectivity index (χ0n) is 23.6. The fourth-order valence-electron chi connectivity index (χ4n) is 5.63. The van der Waals surface area contributed by atoms with Crippen LogP contribution in [0.2, 0.25) is 0 Å². The molecule has 0 spiro atoms. The smallest absolute Gasteiger partial charge is 0.229 e. The first-order chi connectivity index (χ1) is 17.8. The number of phenols is 1. The molecular formula is C29H40N2O7Y. The summed E-state index contributed by atoms with van der Waals surface area (Å²) in [5.41, 5.74) is 0.568. The number of phenolic OH excluding ortho intramolecular Hbond substituents is 1. The number of carbonyl (C=O) groups excluding carboxylic acids is 1. The van der Waals surface area contributed by atoms with E-state index in [1.807, 2.05) is 32.1 Å². The third kappa shape index (κ3) is 6.44. The predicted molar refractivity (Wildman–Crippen MR) is 143 cm³/mol. The summed E-state index contributed by atoms with van der Waals surface area (Å²) in [7, 11) is 3.17. The van der Waals surface area contributed by atoms with Crippen LogP contribution >= 0.6 is 0 Å². The van der Waals surface area contributed by atoms with E-state index in [0.29, 0.717) is 17.7 Å². The van der Waals surface area contributed by atoms with E-state index in [-0.39, 0.29) is 69.0 Å². The van der Waals surface area contributed by atoms with Crippen molar-refractivity contribution in [3.8, 4) is 5.75 Å². The van der Waals surface area contributed by atoms with Crippen LogP contribution in [0.5, 0.6) is 5.75 Å². The molecule has 0 saturated carbocycles. The third-order valence-electron chi connectivity index (χ3n) is 8.17. The van der Waals surface area contributed by atoms with Crippen LogP contribution in [0.1, 0.15) is 44.7 Å². The van der Waals surface area contributed by atoms with Crippen LogP contribution < -0.4 is 10.2 Å². The van der Waals surface area contributed by atoms with Gasteiger partial charge in [-0.2, -0.15) is 0 Å². The summed E-state index contributed by atoms with van der Waals surface area (Å²) < 4.78 is 17.6. The maximum Gasteiger partial charge on any atom is 0.229 e. The fraction of sp³-hybridized carbons (Fsp3) is 0.552. The first-order valence-electron chi connectivity index (χ1n) is 13.0. The number of allylic oxidation sites excluding steroid dienone is 3. The molecule has 9 nitrogen and oxygen atoms in total. The molecule has 7 atom stereocenters. The second-order valence-corrected chi connectivity index (χ2v) is 11.1. The number of epoxide rings is 1. The van der Waals surface area contributed by atoms with Gasteiger partial charge in [0.25, 0.3) is 0 Å². The average Bonchev–Trinajstić information content (AvgIpc) is 3.54. The first kappa shape index (κ1) is 31.8. The number of carbonyl (C=O) groups is 1. The van der Waals surface area contributed by atoms with Gasteiger partial charge >= 0.3 is 0 Å². The van der Waals surface area contributed by atoms with Gasteiger partial charge in [-0.1, -0.05) is 30.7 Å². The zero-order valence-corrected chi connectivity index (χ0v) is 26.4. The molecule has 4 N–H and O–H groups in total. The van der Waals surface area contributed by atoms with Gasteiger partial charge in [-0.25, -0.2) is 0 Å². The van der Waals surface area contributed by atoms with Gasteiger partial charge in [0.2, 0.25) is 5.91 Å². The quantitative estimate of drug-likeness (QED) is 0.355. The number of methoxy groups -OCH3 is 1. The fourth-order valence-corrected chi connectivity index (χ4v) is 5.63. The van der Waals surface area contributed by atoms with Gasteiger partial charge < -0.3 is 39.7 Å². The number of aliphatic hydroxyl groups excluding tert-OH is 1. The molecule has 3 aliphatic heterocycles. The molecule has 2 saturated heterocycles. The van der Waals surface area contributed by atoms with Gasteiger partial charge in [0.05, 0.1) is 24.3 Å². The van der Waals surface area contributed by atoms with Crippen LogP contribution in [0, 0.1) is 12.8 Å². The molecule has 0 aliphatic carbocycles.